The van der Waals surface area contributed by atoms with E-state index in [1.165, 1.54) is 424 Å². The van der Waals surface area contributed by atoms with Gasteiger partial charge in [-0.15, -0.1) is 0 Å². The van der Waals surface area contributed by atoms with E-state index in [9.17, 15) is 19.8 Å². The summed E-state index contributed by atoms with van der Waals surface area (Å²) in [6.45, 7) is 4.94. The number of allylic oxidation sites excluding steroid dienone is 5. The van der Waals surface area contributed by atoms with E-state index < -0.39 is 12.1 Å². The molecule has 0 fully saturated rings. The van der Waals surface area contributed by atoms with Gasteiger partial charge in [0.15, 0.2) is 0 Å². The molecule has 562 valence electrons. The van der Waals surface area contributed by atoms with Crippen molar-refractivity contribution < 1.29 is 24.5 Å². The van der Waals surface area contributed by atoms with Crippen LogP contribution in [-0.2, 0) is 14.3 Å². The number of carbonyl (C=O) groups excluding carboxylic acids is 2. The number of ether oxygens (including phenoxy) is 1. The molecule has 3 N–H and O–H groups in total. The molecule has 0 radical (unpaired) electrons. The van der Waals surface area contributed by atoms with Crippen LogP contribution in [0.4, 0.5) is 0 Å². The number of esters is 1. The predicted octanol–water partition coefficient (Wildman–Crippen LogP) is 29.3. The summed E-state index contributed by atoms with van der Waals surface area (Å²) in [5.41, 5.74) is 0. The van der Waals surface area contributed by atoms with Crippen LogP contribution in [0.25, 0.3) is 0 Å². The Morgan fingerprint density at radius 2 is 0.526 bits per heavy atom. The third-order valence-corrected chi connectivity index (χ3v) is 20.7. The van der Waals surface area contributed by atoms with Crippen molar-refractivity contribution in [1.29, 1.82) is 0 Å². The SMILES string of the molecule is CCCCC/C=C\C/C=C\CCCCCCCCCCCC(=O)OCCCCCCCCCCCCCCCCCCCCCCCCCCCCCCCCCCCCCC(=O)NC(CO)C(O)/C=C/CCCCCCCCCCCCCCCCCCCCCCCC. The fourth-order valence-corrected chi connectivity index (χ4v) is 14.0. The Kier molecular flexibility index (Phi) is 82.8. The van der Waals surface area contributed by atoms with Gasteiger partial charge in [-0.2, -0.15) is 0 Å². The van der Waals surface area contributed by atoms with Gasteiger partial charge in [-0.05, 0) is 64.2 Å². The fraction of sp³-hybridized carbons (Fsp3) is 0.910. The Hall–Kier alpha value is -1.92. The fourth-order valence-electron chi connectivity index (χ4n) is 14.0. The van der Waals surface area contributed by atoms with Crippen LogP contribution < -0.4 is 5.32 Å². The molecule has 1 amide bonds. The van der Waals surface area contributed by atoms with Crippen molar-refractivity contribution >= 4 is 11.9 Å². The molecule has 0 spiro atoms. The van der Waals surface area contributed by atoms with E-state index >= 15 is 0 Å². The summed E-state index contributed by atoms with van der Waals surface area (Å²) < 4.78 is 5.52. The Balaban J connectivity index is 3.33. The van der Waals surface area contributed by atoms with Gasteiger partial charge in [0.25, 0.3) is 0 Å². The standard InChI is InChI=1S/C89H171NO5/c1-3-5-7-9-11-13-15-17-19-21-23-24-25-39-42-46-49-53-57-61-65-69-73-77-81-87(92)86(85-91)90-88(93)82-78-74-70-66-62-58-54-50-47-43-40-37-35-33-31-29-27-26-28-30-32-34-36-38-41-44-48-52-56-60-64-68-72-76-80-84-95-89(94)83-79-75-71-67-63-59-55-51-45-22-20-18-16-14-12-10-8-6-4-2/h12,14,18,20,77,81,86-87,91-92H,3-11,13,15-17,19,21-76,78-80,82-85H2,1-2H3,(H,90,93)/b14-12-,20-18-,81-77+. The number of aliphatic hydroxyl groups is 2. The highest BCUT2D eigenvalue weighted by Gasteiger charge is 2.18. The first-order chi connectivity index (χ1) is 47.0. The molecule has 0 rings (SSSR count). The van der Waals surface area contributed by atoms with E-state index in [0.29, 0.717) is 19.4 Å². The van der Waals surface area contributed by atoms with E-state index in [1.54, 1.807) is 6.08 Å². The van der Waals surface area contributed by atoms with Gasteiger partial charge in [0.1, 0.15) is 0 Å². The monoisotopic (exact) mass is 1330 g/mol. The van der Waals surface area contributed by atoms with E-state index in [4.69, 9.17) is 4.74 Å². The second kappa shape index (κ2) is 84.5. The normalized spacial score (nSPS) is 12.6. The summed E-state index contributed by atoms with van der Waals surface area (Å²) in [7, 11) is 0. The summed E-state index contributed by atoms with van der Waals surface area (Å²) in [5, 5.41) is 23.3. The molecule has 0 aromatic carbocycles. The molecule has 0 aliphatic carbocycles. The molecule has 95 heavy (non-hydrogen) atoms. The van der Waals surface area contributed by atoms with Gasteiger partial charge in [-0.3, -0.25) is 9.59 Å². The van der Waals surface area contributed by atoms with Gasteiger partial charge in [-0.1, -0.05) is 455 Å². The van der Waals surface area contributed by atoms with Crippen molar-refractivity contribution in [3.8, 4) is 0 Å². The smallest absolute Gasteiger partial charge is 0.305 e. The lowest BCUT2D eigenvalue weighted by Gasteiger charge is -2.20. The third-order valence-electron chi connectivity index (χ3n) is 20.7. The van der Waals surface area contributed by atoms with Crippen molar-refractivity contribution in [2.24, 2.45) is 0 Å². The number of aliphatic hydroxyl groups excluding tert-OH is 2. The lowest BCUT2D eigenvalue weighted by Crippen LogP contribution is -2.45. The molecule has 0 aliphatic heterocycles. The van der Waals surface area contributed by atoms with Crippen molar-refractivity contribution in [2.75, 3.05) is 13.2 Å². The van der Waals surface area contributed by atoms with Crippen LogP contribution in [0.3, 0.4) is 0 Å². The van der Waals surface area contributed by atoms with Crippen LogP contribution in [0.2, 0.25) is 0 Å². The van der Waals surface area contributed by atoms with E-state index in [0.717, 1.165) is 44.9 Å². The molecule has 0 heterocycles. The van der Waals surface area contributed by atoms with Crippen LogP contribution >= 0.6 is 0 Å². The second-order valence-corrected chi connectivity index (χ2v) is 30.2. The zero-order valence-corrected chi connectivity index (χ0v) is 64.7. The first-order valence-corrected chi connectivity index (χ1v) is 43.8. The maximum atomic E-state index is 12.6. The zero-order chi connectivity index (χ0) is 68.4. The Labute approximate surface area is 595 Å². The lowest BCUT2D eigenvalue weighted by molar-refractivity contribution is -0.143. The minimum atomic E-state index is -0.843. The number of amides is 1. The van der Waals surface area contributed by atoms with E-state index in [2.05, 4.69) is 43.5 Å². The van der Waals surface area contributed by atoms with Gasteiger partial charge < -0.3 is 20.3 Å². The van der Waals surface area contributed by atoms with E-state index in [-0.39, 0.29) is 18.5 Å². The summed E-state index contributed by atoms with van der Waals surface area (Å²) in [5.74, 6) is -0.0374. The maximum absolute atomic E-state index is 12.6. The molecule has 0 bridgehead atoms. The Morgan fingerprint density at radius 3 is 0.821 bits per heavy atom. The number of rotatable bonds is 83. The van der Waals surface area contributed by atoms with Crippen LogP contribution in [-0.4, -0.2) is 47.4 Å². The number of carbonyl (C=O) groups is 2. The highest BCUT2D eigenvalue weighted by atomic mass is 16.5. The van der Waals surface area contributed by atoms with E-state index in [1.807, 2.05) is 6.08 Å². The van der Waals surface area contributed by atoms with Gasteiger partial charge in [-0.25, -0.2) is 0 Å². The lowest BCUT2D eigenvalue weighted by atomic mass is 10.0. The average Bonchev–Trinajstić information content (AvgIpc) is 2.97. The summed E-state index contributed by atoms with van der Waals surface area (Å²) >= 11 is 0. The first-order valence-electron chi connectivity index (χ1n) is 43.8. The topological polar surface area (TPSA) is 95.9 Å². The minimum Gasteiger partial charge on any atom is -0.466 e. The molecule has 0 aromatic heterocycles. The van der Waals surface area contributed by atoms with Gasteiger partial charge in [0.2, 0.25) is 5.91 Å². The average molecular weight is 1340 g/mol. The molecule has 0 saturated carbocycles. The number of hydrogen-bond donors (Lipinski definition) is 3. The van der Waals surface area contributed by atoms with Gasteiger partial charge in [0.05, 0.1) is 25.4 Å². The highest BCUT2D eigenvalue weighted by Crippen LogP contribution is 2.21. The summed E-state index contributed by atoms with van der Waals surface area (Å²) in [4.78, 5) is 24.7. The molecule has 6 heteroatoms. The van der Waals surface area contributed by atoms with Crippen LogP contribution in [0.1, 0.15) is 495 Å². The van der Waals surface area contributed by atoms with Crippen molar-refractivity contribution in [2.45, 2.75) is 508 Å². The number of nitrogens with one attached hydrogen (secondary N) is 1. The van der Waals surface area contributed by atoms with Gasteiger partial charge in [0, 0.05) is 12.8 Å². The van der Waals surface area contributed by atoms with Gasteiger partial charge >= 0.3 is 5.97 Å². The molecular formula is C89H171NO5. The number of hydrogen-bond acceptors (Lipinski definition) is 5. The maximum Gasteiger partial charge on any atom is 0.305 e. The summed E-state index contributed by atoms with van der Waals surface area (Å²) in [6, 6.07) is -0.625. The van der Waals surface area contributed by atoms with Crippen LogP contribution in [0.5, 0.6) is 0 Å². The second-order valence-electron chi connectivity index (χ2n) is 30.2. The first kappa shape index (κ1) is 93.1. The van der Waals surface area contributed by atoms with Crippen LogP contribution in [0.15, 0.2) is 36.5 Å². The Bertz CT molecular complexity index is 1540. The molecule has 2 atom stereocenters. The molecular weight excluding hydrogens is 1160 g/mol. The van der Waals surface area contributed by atoms with Crippen molar-refractivity contribution in [3.05, 3.63) is 36.5 Å². The quantitative estimate of drug-likeness (QED) is 0.0320. The Morgan fingerprint density at radius 1 is 0.295 bits per heavy atom. The predicted molar refractivity (Wildman–Crippen MR) is 421 cm³/mol. The van der Waals surface area contributed by atoms with Crippen LogP contribution in [0, 0.1) is 0 Å². The largest absolute Gasteiger partial charge is 0.466 e. The van der Waals surface area contributed by atoms with Crippen molar-refractivity contribution in [1.82, 2.24) is 5.32 Å². The molecule has 2 unspecified atom stereocenters. The molecule has 0 aromatic rings. The van der Waals surface area contributed by atoms with Crippen molar-refractivity contribution in [3.63, 3.8) is 0 Å². The molecule has 0 aliphatic rings. The third kappa shape index (κ3) is 80.9. The highest BCUT2D eigenvalue weighted by molar-refractivity contribution is 5.76. The zero-order valence-electron chi connectivity index (χ0n) is 64.7. The minimum absolute atomic E-state index is 0.0196. The summed E-state index contributed by atoms with van der Waals surface area (Å²) in [6.07, 6.45) is 112. The number of unbranched alkanes of at least 4 members (excludes halogenated alkanes) is 68. The molecule has 6 nitrogen and oxygen atoms in total. The molecule has 0 saturated heterocycles.